The van der Waals surface area contributed by atoms with Crippen LogP contribution in [-0.2, 0) is 6.42 Å². The number of nitrogens with one attached hydrogen (secondary N) is 1. The van der Waals surface area contributed by atoms with E-state index in [-0.39, 0.29) is 5.82 Å². The third kappa shape index (κ3) is 4.45. The number of benzene rings is 2. The molecule has 0 bridgehead atoms. The van der Waals surface area contributed by atoms with E-state index >= 15 is 0 Å². The second-order valence-electron chi connectivity index (χ2n) is 7.45. The molecule has 0 aliphatic carbocycles. The Hall–Kier alpha value is -3.61. The zero-order chi connectivity index (χ0) is 21.8. The Morgan fingerprint density at radius 2 is 1.97 bits per heavy atom. The van der Waals surface area contributed by atoms with Crippen molar-refractivity contribution in [1.29, 1.82) is 0 Å². The number of H-pyrrole nitrogens is 1. The molecule has 4 rings (SSSR count). The number of carbonyl (C=O) groups is 1. The van der Waals surface area contributed by atoms with E-state index < -0.39 is 0 Å². The van der Waals surface area contributed by atoms with Gasteiger partial charge in [-0.2, -0.15) is 5.10 Å². The Labute approximate surface area is 179 Å². The van der Waals surface area contributed by atoms with Crippen molar-refractivity contribution in [3.8, 4) is 17.1 Å². The molecule has 0 aliphatic rings. The first-order chi connectivity index (χ1) is 15.1. The van der Waals surface area contributed by atoms with Crippen LogP contribution < -0.4 is 4.74 Å². The van der Waals surface area contributed by atoms with E-state index in [2.05, 4.69) is 27.1 Å². The van der Waals surface area contributed by atoms with Crippen molar-refractivity contribution in [3.63, 3.8) is 0 Å². The summed E-state index contributed by atoms with van der Waals surface area (Å²) in [5.74, 6) is 1.38. The maximum absolute atomic E-state index is 13.2. The van der Waals surface area contributed by atoms with Crippen molar-refractivity contribution < 1.29 is 13.9 Å². The minimum absolute atomic E-state index is 0.266. The molecule has 158 valence electrons. The molecule has 0 atom stereocenters. The normalized spacial score (nSPS) is 11.1. The van der Waals surface area contributed by atoms with Crippen LogP contribution in [0.4, 0.5) is 4.39 Å². The molecule has 2 aromatic carbocycles. The van der Waals surface area contributed by atoms with E-state index in [9.17, 15) is 9.18 Å². The van der Waals surface area contributed by atoms with Crippen LogP contribution >= 0.6 is 0 Å². The lowest BCUT2D eigenvalue weighted by Crippen LogP contribution is -2.03. The number of aromatic amines is 1. The Balaban J connectivity index is 1.85. The van der Waals surface area contributed by atoms with Gasteiger partial charge in [-0.1, -0.05) is 25.5 Å². The minimum Gasteiger partial charge on any atom is -0.491 e. The lowest BCUT2D eigenvalue weighted by molar-refractivity contribution is 0.111. The van der Waals surface area contributed by atoms with Crippen molar-refractivity contribution in [2.24, 2.45) is 0 Å². The highest BCUT2D eigenvalue weighted by molar-refractivity contribution is 6.02. The summed E-state index contributed by atoms with van der Waals surface area (Å²) in [5, 5.41) is 7.93. The molecule has 0 saturated carbocycles. The van der Waals surface area contributed by atoms with E-state index in [1.807, 2.05) is 13.0 Å². The van der Waals surface area contributed by atoms with Gasteiger partial charge in [-0.15, -0.1) is 0 Å². The number of aryl methyl sites for hydroxylation is 1. The second kappa shape index (κ2) is 9.04. The number of ether oxygens (including phenoxy) is 1. The minimum atomic E-state index is -0.266. The number of hydrogen-bond acceptors (Lipinski definition) is 5. The highest BCUT2D eigenvalue weighted by atomic mass is 19.1. The summed E-state index contributed by atoms with van der Waals surface area (Å²) in [4.78, 5) is 20.9. The molecule has 0 aliphatic heterocycles. The quantitative estimate of drug-likeness (QED) is 0.320. The molecule has 0 radical (unpaired) electrons. The summed E-state index contributed by atoms with van der Waals surface area (Å²) in [6.45, 7) is 4.40. The number of fused-ring (bicyclic) bond motifs is 1. The van der Waals surface area contributed by atoms with E-state index in [1.54, 1.807) is 24.4 Å². The first-order valence-corrected chi connectivity index (χ1v) is 10.3. The van der Waals surface area contributed by atoms with Gasteiger partial charge < -0.3 is 4.74 Å². The van der Waals surface area contributed by atoms with Gasteiger partial charge >= 0.3 is 0 Å². The van der Waals surface area contributed by atoms with Crippen molar-refractivity contribution in [1.82, 2.24) is 20.2 Å². The van der Waals surface area contributed by atoms with Crippen molar-refractivity contribution in [2.45, 2.75) is 33.1 Å². The van der Waals surface area contributed by atoms with E-state index in [0.717, 1.165) is 35.6 Å². The molecule has 0 fully saturated rings. The highest BCUT2D eigenvalue weighted by Gasteiger charge is 2.18. The Kier molecular flexibility index (Phi) is 6.02. The first-order valence-electron chi connectivity index (χ1n) is 10.3. The third-order valence-electron chi connectivity index (χ3n) is 5.04. The number of halogens is 1. The summed E-state index contributed by atoms with van der Waals surface area (Å²) in [6.07, 6.45) is 5.00. The highest BCUT2D eigenvalue weighted by Crippen LogP contribution is 2.36. The number of aldehydes is 1. The SMILES string of the molecule is CCCCOc1c(C=O)cc(-c2n[nH]c(C)n2)c2cc(Cc3ccc(F)cc3)cnc12. The predicted octanol–water partition coefficient (Wildman–Crippen LogP) is 5.05. The molecule has 31 heavy (non-hydrogen) atoms. The maximum atomic E-state index is 13.2. The van der Waals surface area contributed by atoms with Crippen molar-refractivity contribution in [2.75, 3.05) is 6.61 Å². The monoisotopic (exact) mass is 418 g/mol. The smallest absolute Gasteiger partial charge is 0.181 e. The average Bonchev–Trinajstić information content (AvgIpc) is 3.21. The summed E-state index contributed by atoms with van der Waals surface area (Å²) in [5.41, 5.74) is 3.64. The molecule has 0 saturated heterocycles. The predicted molar refractivity (Wildman–Crippen MR) is 117 cm³/mol. The number of unbranched alkanes of at least 4 members (excludes halogenated alkanes) is 1. The zero-order valence-electron chi connectivity index (χ0n) is 17.5. The summed E-state index contributed by atoms with van der Waals surface area (Å²) < 4.78 is 19.2. The molecule has 1 N–H and O–H groups in total. The van der Waals surface area contributed by atoms with Crippen LogP contribution in [0.1, 0.15) is 47.1 Å². The van der Waals surface area contributed by atoms with Crippen LogP contribution in [0.2, 0.25) is 0 Å². The fraction of sp³-hybridized carbons (Fsp3) is 0.250. The molecule has 2 heterocycles. The van der Waals surface area contributed by atoms with Crippen LogP contribution in [-0.4, -0.2) is 33.1 Å². The van der Waals surface area contributed by atoms with Gasteiger partial charge in [0.1, 0.15) is 17.2 Å². The standard InChI is InChI=1S/C24H23FN4O2/c1-3-4-9-31-23-18(14-30)12-21(24-27-15(2)28-29-24)20-11-17(13-26-22(20)23)10-16-5-7-19(25)8-6-16/h5-8,11-14H,3-4,9-10H2,1-2H3,(H,27,28,29). The molecule has 4 aromatic rings. The number of carbonyl (C=O) groups excluding carboxylic acids is 1. The van der Waals surface area contributed by atoms with E-state index in [0.29, 0.717) is 47.1 Å². The second-order valence-corrected chi connectivity index (χ2v) is 7.45. The number of rotatable bonds is 8. The molecule has 7 heteroatoms. The Morgan fingerprint density at radius 3 is 2.65 bits per heavy atom. The molecule has 2 aromatic heterocycles. The van der Waals surface area contributed by atoms with E-state index in [1.165, 1.54) is 12.1 Å². The Morgan fingerprint density at radius 1 is 1.16 bits per heavy atom. The van der Waals surface area contributed by atoms with Crippen LogP contribution in [0, 0.1) is 12.7 Å². The molecular formula is C24H23FN4O2. The van der Waals surface area contributed by atoms with Gasteiger partial charge in [0.25, 0.3) is 0 Å². The molecule has 0 amide bonds. The first kappa shape index (κ1) is 20.7. The molecule has 6 nitrogen and oxygen atoms in total. The molecule has 0 spiro atoms. The largest absolute Gasteiger partial charge is 0.491 e. The number of nitrogens with zero attached hydrogens (tertiary/aromatic N) is 3. The van der Waals surface area contributed by atoms with Gasteiger partial charge in [-0.05, 0) is 55.2 Å². The fourth-order valence-electron chi connectivity index (χ4n) is 3.47. The van der Waals surface area contributed by atoms with Gasteiger partial charge in [-0.3, -0.25) is 14.9 Å². The number of aromatic nitrogens is 4. The van der Waals surface area contributed by atoms with Crippen LogP contribution in [0.5, 0.6) is 5.75 Å². The van der Waals surface area contributed by atoms with Crippen LogP contribution in [0.15, 0.2) is 42.6 Å². The lowest BCUT2D eigenvalue weighted by Gasteiger charge is -2.14. The summed E-state index contributed by atoms with van der Waals surface area (Å²) in [7, 11) is 0. The number of pyridine rings is 1. The van der Waals surface area contributed by atoms with Crippen molar-refractivity contribution >= 4 is 17.2 Å². The molecule has 0 unspecified atom stereocenters. The van der Waals surface area contributed by atoms with Crippen molar-refractivity contribution in [3.05, 3.63) is 70.9 Å². The van der Waals surface area contributed by atoms with Crippen LogP contribution in [0.25, 0.3) is 22.3 Å². The topological polar surface area (TPSA) is 80.8 Å². The van der Waals surface area contributed by atoms with E-state index in [4.69, 9.17) is 4.74 Å². The summed E-state index contributed by atoms with van der Waals surface area (Å²) >= 11 is 0. The van der Waals surface area contributed by atoms with Gasteiger partial charge in [-0.25, -0.2) is 9.37 Å². The van der Waals surface area contributed by atoms with Gasteiger partial charge in [0.2, 0.25) is 0 Å². The number of hydrogen-bond donors (Lipinski definition) is 1. The van der Waals surface area contributed by atoms with Gasteiger partial charge in [0, 0.05) is 17.1 Å². The van der Waals surface area contributed by atoms with Gasteiger partial charge in [0.15, 0.2) is 17.9 Å². The average molecular weight is 418 g/mol. The van der Waals surface area contributed by atoms with Gasteiger partial charge in [0.05, 0.1) is 12.2 Å². The Bertz CT molecular complexity index is 1220. The van der Waals surface area contributed by atoms with Crippen LogP contribution in [0.3, 0.4) is 0 Å². The third-order valence-corrected chi connectivity index (χ3v) is 5.04. The maximum Gasteiger partial charge on any atom is 0.181 e. The summed E-state index contributed by atoms with van der Waals surface area (Å²) in [6, 6.07) is 10.2. The molecular weight excluding hydrogens is 395 g/mol. The zero-order valence-corrected chi connectivity index (χ0v) is 17.5. The lowest BCUT2D eigenvalue weighted by atomic mass is 9.99. The fourth-order valence-corrected chi connectivity index (χ4v) is 3.47.